The number of unbranched alkanes of at least 4 members (excludes halogenated alkanes) is 51. The molecule has 0 saturated heterocycles. The lowest BCUT2D eigenvalue weighted by atomic mass is 9.99. The lowest BCUT2D eigenvalue weighted by molar-refractivity contribution is -0.161. The van der Waals surface area contributed by atoms with Crippen LogP contribution in [0, 0.1) is 11.8 Å². The smallest absolute Gasteiger partial charge is 0.462 e. The average Bonchev–Trinajstić information content (AvgIpc) is 0.915. The molecule has 17 nitrogen and oxygen atoms in total. The second kappa shape index (κ2) is 74.5. The normalized spacial score (nSPS) is 14.1. The van der Waals surface area contributed by atoms with Crippen molar-refractivity contribution in [2.24, 2.45) is 11.8 Å². The molecule has 0 aliphatic heterocycles. The summed E-state index contributed by atoms with van der Waals surface area (Å²) in [4.78, 5) is 72.9. The van der Waals surface area contributed by atoms with Crippen molar-refractivity contribution >= 4 is 39.5 Å². The summed E-state index contributed by atoms with van der Waals surface area (Å²) in [7, 11) is -9.92. The van der Waals surface area contributed by atoms with Crippen molar-refractivity contribution in [1.29, 1.82) is 0 Å². The second-order valence-electron chi connectivity index (χ2n) is 30.6. The topological polar surface area (TPSA) is 237 Å². The maximum Gasteiger partial charge on any atom is 0.472 e. The largest absolute Gasteiger partial charge is 0.472 e. The number of rotatable bonds is 82. The average molecular weight is 1490 g/mol. The number of hydrogen-bond donors (Lipinski definition) is 3. The van der Waals surface area contributed by atoms with Gasteiger partial charge in [-0.05, 0) is 37.5 Å². The molecule has 19 heteroatoms. The molecule has 0 aromatic carbocycles. The zero-order valence-electron chi connectivity index (χ0n) is 66.9. The Balaban J connectivity index is 5.16. The zero-order chi connectivity index (χ0) is 74.9. The molecule has 0 aliphatic carbocycles. The number of aliphatic hydroxyl groups is 1. The first-order chi connectivity index (χ1) is 49.4. The Hall–Kier alpha value is -1.94. The molecule has 0 fully saturated rings. The molecule has 3 N–H and O–H groups in total. The quantitative estimate of drug-likeness (QED) is 0.0222. The van der Waals surface area contributed by atoms with Gasteiger partial charge < -0.3 is 33.8 Å². The van der Waals surface area contributed by atoms with Gasteiger partial charge in [-0.1, -0.05) is 388 Å². The molecule has 0 radical (unpaired) electrons. The standard InChI is InChI=1S/C83H162O17P2/c1-7-10-12-14-16-17-18-19-32-38-43-49-55-61-67-82(87)99-78(71-93-80(85)65-59-53-45-15-13-11-8-2)73-97-101(89,90)95-69-77(84)70-96-102(91,92)98-74-79(72-94-81(86)66-60-54-48-42-37-33-28-25-24-26-30-35-40-46-51-57-63-75(4)5)100-83(88)68-62-56-50-44-39-34-29-23-21-20-22-27-31-36-41-47-52-58-64-76(6)9-3/h75-79,84H,7-74H2,1-6H3,(H,89,90)(H,91,92)/t76?,77-,78+,79+/m0/s1. The molecule has 0 rings (SSSR count). The first-order valence-corrected chi connectivity index (χ1v) is 46.0. The minimum atomic E-state index is -4.96. The summed E-state index contributed by atoms with van der Waals surface area (Å²) in [5.74, 6) is -0.427. The fourth-order valence-electron chi connectivity index (χ4n) is 12.9. The molecule has 6 atom stereocenters. The number of phosphoric acid groups is 2. The number of hydrogen-bond acceptors (Lipinski definition) is 15. The van der Waals surface area contributed by atoms with Gasteiger partial charge in [0.1, 0.15) is 19.3 Å². The lowest BCUT2D eigenvalue weighted by Gasteiger charge is -2.21. The van der Waals surface area contributed by atoms with Crippen LogP contribution in [0.5, 0.6) is 0 Å². The van der Waals surface area contributed by atoms with Gasteiger partial charge in [-0.15, -0.1) is 0 Å². The number of esters is 4. The molecule has 0 aromatic heterocycles. The van der Waals surface area contributed by atoms with Gasteiger partial charge in [-0.2, -0.15) is 0 Å². The van der Waals surface area contributed by atoms with Crippen LogP contribution in [0.2, 0.25) is 0 Å². The van der Waals surface area contributed by atoms with Crippen LogP contribution in [0.4, 0.5) is 0 Å². The van der Waals surface area contributed by atoms with E-state index in [4.69, 9.17) is 37.0 Å². The highest BCUT2D eigenvalue weighted by molar-refractivity contribution is 7.47. The summed E-state index contributed by atoms with van der Waals surface area (Å²) < 4.78 is 68.6. The monoisotopic (exact) mass is 1490 g/mol. The van der Waals surface area contributed by atoms with Gasteiger partial charge in [0.15, 0.2) is 12.2 Å². The van der Waals surface area contributed by atoms with Gasteiger partial charge in [-0.25, -0.2) is 9.13 Å². The second-order valence-corrected chi connectivity index (χ2v) is 33.5. The maximum absolute atomic E-state index is 13.1. The summed E-state index contributed by atoms with van der Waals surface area (Å²) >= 11 is 0. The number of carbonyl (C=O) groups excluding carboxylic acids is 4. The highest BCUT2D eigenvalue weighted by Gasteiger charge is 2.30. The van der Waals surface area contributed by atoms with Crippen LogP contribution in [0.1, 0.15) is 440 Å². The fourth-order valence-corrected chi connectivity index (χ4v) is 14.4. The molecular formula is C83H162O17P2. The van der Waals surface area contributed by atoms with E-state index in [-0.39, 0.29) is 25.7 Å². The van der Waals surface area contributed by atoms with Crippen LogP contribution in [-0.2, 0) is 65.4 Å². The summed E-state index contributed by atoms with van der Waals surface area (Å²) in [6.07, 6.45) is 65.4. The van der Waals surface area contributed by atoms with Crippen molar-refractivity contribution in [2.75, 3.05) is 39.6 Å². The third-order valence-electron chi connectivity index (χ3n) is 19.8. The van der Waals surface area contributed by atoms with Crippen LogP contribution in [0.3, 0.4) is 0 Å². The van der Waals surface area contributed by atoms with Crippen molar-refractivity contribution in [3.63, 3.8) is 0 Å². The van der Waals surface area contributed by atoms with Gasteiger partial charge in [0.25, 0.3) is 0 Å². The summed E-state index contributed by atoms with van der Waals surface area (Å²) in [5, 5.41) is 10.6. The third kappa shape index (κ3) is 74.9. The van der Waals surface area contributed by atoms with E-state index in [0.717, 1.165) is 115 Å². The van der Waals surface area contributed by atoms with E-state index in [9.17, 15) is 43.2 Å². The van der Waals surface area contributed by atoms with E-state index >= 15 is 0 Å². The molecule has 606 valence electrons. The van der Waals surface area contributed by atoms with E-state index in [1.807, 2.05) is 0 Å². The Bertz CT molecular complexity index is 1960. The number of ether oxygens (including phenoxy) is 4. The van der Waals surface area contributed by atoms with Gasteiger partial charge in [0, 0.05) is 25.7 Å². The van der Waals surface area contributed by atoms with Crippen molar-refractivity contribution < 1.29 is 80.2 Å². The van der Waals surface area contributed by atoms with E-state index in [1.165, 1.54) is 244 Å². The van der Waals surface area contributed by atoms with E-state index in [1.54, 1.807) is 0 Å². The van der Waals surface area contributed by atoms with Crippen LogP contribution in [-0.4, -0.2) is 96.7 Å². The number of carbonyl (C=O) groups is 4. The van der Waals surface area contributed by atoms with Crippen LogP contribution in [0.25, 0.3) is 0 Å². The summed E-state index contributed by atoms with van der Waals surface area (Å²) in [5.41, 5.74) is 0. The highest BCUT2D eigenvalue weighted by Crippen LogP contribution is 2.45. The first-order valence-electron chi connectivity index (χ1n) is 43.0. The van der Waals surface area contributed by atoms with E-state index in [0.29, 0.717) is 25.7 Å². The van der Waals surface area contributed by atoms with Crippen molar-refractivity contribution in [3.8, 4) is 0 Å². The predicted octanol–water partition coefficient (Wildman–Crippen LogP) is 25.1. The van der Waals surface area contributed by atoms with E-state index < -0.39 is 97.5 Å². The van der Waals surface area contributed by atoms with Crippen molar-refractivity contribution in [3.05, 3.63) is 0 Å². The van der Waals surface area contributed by atoms with Crippen molar-refractivity contribution in [2.45, 2.75) is 458 Å². The highest BCUT2D eigenvalue weighted by atomic mass is 31.2. The minimum absolute atomic E-state index is 0.108. The Morgan fingerprint density at radius 2 is 0.500 bits per heavy atom. The Morgan fingerprint density at radius 3 is 0.745 bits per heavy atom. The maximum atomic E-state index is 13.1. The molecule has 102 heavy (non-hydrogen) atoms. The Kier molecular flexibility index (Phi) is 73.1. The molecule has 0 saturated carbocycles. The molecule has 0 aromatic rings. The molecule has 0 heterocycles. The van der Waals surface area contributed by atoms with Crippen molar-refractivity contribution in [1.82, 2.24) is 0 Å². The van der Waals surface area contributed by atoms with Crippen LogP contribution in [0.15, 0.2) is 0 Å². The number of aliphatic hydroxyl groups excluding tert-OH is 1. The summed E-state index contributed by atoms with van der Waals surface area (Å²) in [6.45, 7) is 9.71. The molecule has 3 unspecified atom stereocenters. The minimum Gasteiger partial charge on any atom is -0.462 e. The molecule has 0 aliphatic rings. The van der Waals surface area contributed by atoms with Gasteiger partial charge in [0.05, 0.1) is 26.4 Å². The van der Waals surface area contributed by atoms with Gasteiger partial charge >= 0.3 is 39.5 Å². The molecular weight excluding hydrogens is 1330 g/mol. The molecule has 0 spiro atoms. The van der Waals surface area contributed by atoms with Crippen LogP contribution < -0.4 is 0 Å². The summed E-state index contributed by atoms with van der Waals surface area (Å²) in [6, 6.07) is 0. The predicted molar refractivity (Wildman–Crippen MR) is 418 cm³/mol. The van der Waals surface area contributed by atoms with Gasteiger partial charge in [-0.3, -0.25) is 37.3 Å². The fraction of sp³-hybridized carbons (Fsp3) is 0.952. The SMILES string of the molecule is CCCCCCCCCCCCCCCCC(=O)O[C@H](COC(=O)CCCCCCCCC)COP(=O)(O)OC[C@H](O)COP(=O)(O)OC[C@@H](COC(=O)CCCCCCCCCCCCCCCCCCC(C)C)OC(=O)CCCCCCCCCCCCCCCCCCCCC(C)CC. The van der Waals surface area contributed by atoms with Gasteiger partial charge in [0.2, 0.25) is 0 Å². The first kappa shape index (κ1) is 100. The molecule has 0 bridgehead atoms. The number of phosphoric ester groups is 2. The van der Waals surface area contributed by atoms with E-state index in [2.05, 4.69) is 41.5 Å². The lowest BCUT2D eigenvalue weighted by Crippen LogP contribution is -2.30. The Morgan fingerprint density at radius 1 is 0.284 bits per heavy atom. The molecule has 0 amide bonds. The van der Waals surface area contributed by atoms with Crippen LogP contribution >= 0.6 is 15.6 Å². The third-order valence-corrected chi connectivity index (χ3v) is 21.7. The Labute approximate surface area is 626 Å². The zero-order valence-corrected chi connectivity index (χ0v) is 68.7.